The summed E-state index contributed by atoms with van der Waals surface area (Å²) in [4.78, 5) is 12.6. The number of rotatable bonds is 6. The Kier molecular flexibility index (Phi) is 6.35. The van der Waals surface area contributed by atoms with Gasteiger partial charge in [-0.1, -0.05) is 49.2 Å². The molecule has 156 valence electrons. The first-order valence-corrected chi connectivity index (χ1v) is 9.75. The standard InChI is InChI=1S/C22H17Cl2F2NO3/c1-22(2)15(10-19(23)24)20(22)21(28)30-18(11-27)12-6-7-16(26)17(8-12)29-14-5-3-4-13(25)9-14/h3-10,15,18,20H,1-2H3. The number of carbonyl (C=O) groups excluding carboxylic acids is 1. The Bertz CT molecular complexity index is 1040. The Morgan fingerprint density at radius 1 is 1.23 bits per heavy atom. The van der Waals surface area contributed by atoms with Gasteiger partial charge in [-0.2, -0.15) is 5.26 Å². The van der Waals surface area contributed by atoms with E-state index in [1.165, 1.54) is 30.3 Å². The first-order chi connectivity index (χ1) is 14.1. The molecular weight excluding hydrogens is 435 g/mol. The molecule has 1 aliphatic carbocycles. The van der Waals surface area contributed by atoms with Crippen LogP contribution < -0.4 is 4.74 Å². The molecule has 2 aromatic carbocycles. The lowest BCUT2D eigenvalue weighted by atomic mass is 10.1. The van der Waals surface area contributed by atoms with Crippen LogP contribution in [0.25, 0.3) is 0 Å². The van der Waals surface area contributed by atoms with Crippen LogP contribution in [0.3, 0.4) is 0 Å². The van der Waals surface area contributed by atoms with E-state index in [0.717, 1.165) is 12.1 Å². The Hall–Kier alpha value is -2.62. The Morgan fingerprint density at radius 2 is 1.97 bits per heavy atom. The third-order valence-electron chi connectivity index (χ3n) is 5.10. The molecule has 0 aliphatic heterocycles. The molecule has 0 saturated heterocycles. The lowest BCUT2D eigenvalue weighted by Crippen LogP contribution is -2.14. The van der Waals surface area contributed by atoms with Crippen molar-refractivity contribution < 1.29 is 23.0 Å². The zero-order chi connectivity index (χ0) is 22.1. The minimum atomic E-state index is -1.28. The predicted molar refractivity (Wildman–Crippen MR) is 108 cm³/mol. The van der Waals surface area contributed by atoms with E-state index in [2.05, 4.69) is 0 Å². The van der Waals surface area contributed by atoms with Gasteiger partial charge in [0.1, 0.15) is 22.1 Å². The maximum Gasteiger partial charge on any atom is 0.311 e. The molecule has 0 radical (unpaired) electrons. The van der Waals surface area contributed by atoms with E-state index in [1.54, 1.807) is 6.08 Å². The predicted octanol–water partition coefficient (Wildman–Crippen LogP) is 6.46. The third kappa shape index (κ3) is 4.75. The fourth-order valence-electron chi connectivity index (χ4n) is 3.35. The van der Waals surface area contributed by atoms with Crippen molar-refractivity contribution in [1.29, 1.82) is 5.26 Å². The number of nitriles is 1. The lowest BCUT2D eigenvalue weighted by Gasteiger charge is -2.14. The highest BCUT2D eigenvalue weighted by molar-refractivity contribution is 6.55. The summed E-state index contributed by atoms with van der Waals surface area (Å²) in [5, 5.41) is 9.49. The largest absolute Gasteiger partial charge is 0.454 e. The summed E-state index contributed by atoms with van der Waals surface area (Å²) in [6, 6.07) is 10.7. The SMILES string of the molecule is CC1(C)C(C=C(Cl)Cl)C1C(=O)OC(C#N)c1ccc(F)c(Oc2cccc(F)c2)c1. The summed E-state index contributed by atoms with van der Waals surface area (Å²) < 4.78 is 38.3. The van der Waals surface area contributed by atoms with E-state index in [1.807, 2.05) is 19.9 Å². The van der Waals surface area contributed by atoms with E-state index in [4.69, 9.17) is 32.7 Å². The highest BCUT2D eigenvalue weighted by Crippen LogP contribution is 2.60. The van der Waals surface area contributed by atoms with Gasteiger partial charge in [-0.3, -0.25) is 4.79 Å². The Balaban J connectivity index is 1.78. The molecular formula is C22H17Cl2F2NO3. The fourth-order valence-corrected chi connectivity index (χ4v) is 3.62. The number of hydrogen-bond acceptors (Lipinski definition) is 4. The molecule has 0 bridgehead atoms. The number of benzene rings is 2. The summed E-state index contributed by atoms with van der Waals surface area (Å²) in [6.07, 6.45) is 0.291. The first kappa shape index (κ1) is 22.1. The summed E-state index contributed by atoms with van der Waals surface area (Å²) >= 11 is 11.4. The highest BCUT2D eigenvalue weighted by atomic mass is 35.5. The molecule has 3 unspecified atom stereocenters. The van der Waals surface area contributed by atoms with Crippen molar-refractivity contribution in [3.05, 3.63) is 70.2 Å². The van der Waals surface area contributed by atoms with E-state index < -0.39 is 35.0 Å². The van der Waals surface area contributed by atoms with Gasteiger partial charge in [0, 0.05) is 11.6 Å². The third-order valence-corrected chi connectivity index (χ3v) is 5.36. The first-order valence-electron chi connectivity index (χ1n) is 8.99. The van der Waals surface area contributed by atoms with Gasteiger partial charge in [-0.15, -0.1) is 0 Å². The summed E-state index contributed by atoms with van der Waals surface area (Å²) in [5.41, 5.74) is -0.194. The second-order valence-electron chi connectivity index (χ2n) is 7.48. The molecule has 0 heterocycles. The minimum absolute atomic E-state index is 0.0536. The summed E-state index contributed by atoms with van der Waals surface area (Å²) in [6.45, 7) is 3.72. The maximum absolute atomic E-state index is 14.2. The summed E-state index contributed by atoms with van der Waals surface area (Å²) in [7, 11) is 0. The zero-order valence-electron chi connectivity index (χ0n) is 16.0. The molecule has 0 aromatic heterocycles. The second-order valence-corrected chi connectivity index (χ2v) is 8.48. The molecule has 0 spiro atoms. The average Bonchev–Trinajstić information content (AvgIpc) is 3.20. The van der Waals surface area contributed by atoms with Crippen LogP contribution in [-0.2, 0) is 9.53 Å². The normalized spacial score (nSPS) is 19.9. The Labute approximate surface area is 182 Å². The number of hydrogen-bond donors (Lipinski definition) is 0. The van der Waals surface area contributed by atoms with Crippen LogP contribution in [0, 0.1) is 40.2 Å². The lowest BCUT2D eigenvalue weighted by molar-refractivity contribution is -0.149. The van der Waals surface area contributed by atoms with E-state index in [9.17, 15) is 18.8 Å². The van der Waals surface area contributed by atoms with Gasteiger partial charge < -0.3 is 9.47 Å². The van der Waals surface area contributed by atoms with Gasteiger partial charge in [-0.05, 0) is 41.7 Å². The van der Waals surface area contributed by atoms with E-state index in [0.29, 0.717) is 0 Å². The number of esters is 1. The van der Waals surface area contributed by atoms with Crippen LogP contribution in [0.1, 0.15) is 25.5 Å². The fraction of sp³-hybridized carbons (Fsp3) is 0.273. The molecule has 30 heavy (non-hydrogen) atoms. The molecule has 0 N–H and O–H groups in total. The minimum Gasteiger partial charge on any atom is -0.454 e. The monoisotopic (exact) mass is 451 g/mol. The van der Waals surface area contributed by atoms with Crippen molar-refractivity contribution in [3.63, 3.8) is 0 Å². The zero-order valence-corrected chi connectivity index (χ0v) is 17.5. The molecule has 1 aliphatic rings. The van der Waals surface area contributed by atoms with Crippen molar-refractivity contribution in [3.8, 4) is 17.6 Å². The van der Waals surface area contributed by atoms with Crippen LogP contribution in [-0.4, -0.2) is 5.97 Å². The smallest absolute Gasteiger partial charge is 0.311 e. The van der Waals surface area contributed by atoms with Crippen molar-refractivity contribution in [1.82, 2.24) is 0 Å². The van der Waals surface area contributed by atoms with Crippen LogP contribution in [0.5, 0.6) is 11.5 Å². The molecule has 3 rings (SSSR count). The molecule has 1 saturated carbocycles. The second kappa shape index (κ2) is 8.63. The molecule has 8 heteroatoms. The van der Waals surface area contributed by atoms with Crippen LogP contribution in [0.4, 0.5) is 8.78 Å². The quantitative estimate of drug-likeness (QED) is 0.473. The molecule has 3 atom stereocenters. The maximum atomic E-state index is 14.2. The van der Waals surface area contributed by atoms with E-state index in [-0.39, 0.29) is 27.5 Å². The Morgan fingerprint density at radius 3 is 2.60 bits per heavy atom. The van der Waals surface area contributed by atoms with Gasteiger partial charge in [-0.25, -0.2) is 8.78 Å². The summed E-state index contributed by atoms with van der Waals surface area (Å²) in [5.74, 6) is -2.70. The van der Waals surface area contributed by atoms with Gasteiger partial charge in [0.15, 0.2) is 11.6 Å². The van der Waals surface area contributed by atoms with Gasteiger partial charge in [0.25, 0.3) is 0 Å². The van der Waals surface area contributed by atoms with Gasteiger partial charge >= 0.3 is 5.97 Å². The number of allylic oxidation sites excluding steroid dienone is 1. The van der Waals surface area contributed by atoms with Gasteiger partial charge in [0.05, 0.1) is 5.92 Å². The van der Waals surface area contributed by atoms with Crippen molar-refractivity contribution in [2.24, 2.45) is 17.3 Å². The molecule has 1 fully saturated rings. The van der Waals surface area contributed by atoms with Crippen LogP contribution >= 0.6 is 23.2 Å². The van der Waals surface area contributed by atoms with Crippen LogP contribution in [0.2, 0.25) is 0 Å². The number of nitrogens with zero attached hydrogens (tertiary/aromatic N) is 1. The highest BCUT2D eigenvalue weighted by Gasteiger charge is 2.62. The van der Waals surface area contributed by atoms with Gasteiger partial charge in [0.2, 0.25) is 6.10 Å². The van der Waals surface area contributed by atoms with Crippen molar-refractivity contribution >= 4 is 29.2 Å². The number of carbonyl (C=O) groups is 1. The number of ether oxygens (including phenoxy) is 2. The van der Waals surface area contributed by atoms with Crippen molar-refractivity contribution in [2.45, 2.75) is 20.0 Å². The molecule has 4 nitrogen and oxygen atoms in total. The molecule has 0 amide bonds. The van der Waals surface area contributed by atoms with Crippen molar-refractivity contribution in [2.75, 3.05) is 0 Å². The average molecular weight is 452 g/mol. The van der Waals surface area contributed by atoms with E-state index >= 15 is 0 Å². The molecule has 2 aromatic rings. The number of halogens is 4. The topological polar surface area (TPSA) is 59.3 Å². The van der Waals surface area contributed by atoms with Crippen LogP contribution in [0.15, 0.2) is 53.0 Å².